The topological polar surface area (TPSA) is 38.7 Å². The minimum absolute atomic E-state index is 0.0130. The van der Waals surface area contributed by atoms with Gasteiger partial charge in [0.2, 0.25) is 5.12 Å². The fourth-order valence-corrected chi connectivity index (χ4v) is 3.17. The summed E-state index contributed by atoms with van der Waals surface area (Å²) in [5.74, 6) is 1.58. The monoisotopic (exact) mass is 317 g/mol. The highest BCUT2D eigenvalue weighted by Gasteiger charge is 2.21. The first kappa shape index (κ1) is 15.7. The van der Waals surface area contributed by atoms with Crippen molar-refractivity contribution in [3.8, 4) is 5.75 Å². The molecule has 0 N–H and O–H groups in total. The van der Waals surface area contributed by atoms with Crippen molar-refractivity contribution < 1.29 is 9.53 Å². The second kappa shape index (κ2) is 7.90. The van der Waals surface area contributed by atoms with E-state index in [-0.39, 0.29) is 5.12 Å². The number of benzene rings is 1. The first-order valence-electron chi connectivity index (χ1n) is 6.30. The Balaban J connectivity index is 2.02. The molecule has 0 spiro atoms. The molecule has 1 heterocycles. The molecule has 3 nitrogen and oxygen atoms in total. The number of methoxy groups -OCH3 is 1. The lowest BCUT2D eigenvalue weighted by Gasteiger charge is -1.98. The molecule has 0 saturated heterocycles. The van der Waals surface area contributed by atoms with E-state index in [2.05, 4.69) is 11.6 Å². The van der Waals surface area contributed by atoms with Crippen molar-refractivity contribution >= 4 is 39.1 Å². The van der Waals surface area contributed by atoms with Gasteiger partial charge in [-0.05, 0) is 35.5 Å². The van der Waals surface area contributed by atoms with Crippen LogP contribution in [0.5, 0.6) is 5.75 Å². The summed E-state index contributed by atoms with van der Waals surface area (Å²) in [5.41, 5.74) is 1.52. The van der Waals surface area contributed by atoms with Gasteiger partial charge < -0.3 is 4.74 Å². The highest BCUT2D eigenvalue weighted by Crippen LogP contribution is 2.29. The third-order valence-electron chi connectivity index (χ3n) is 2.58. The fourth-order valence-electron chi connectivity index (χ4n) is 1.56. The minimum Gasteiger partial charge on any atom is -0.497 e. The van der Waals surface area contributed by atoms with Crippen molar-refractivity contribution in [2.45, 2.75) is 0 Å². The predicted molar refractivity (Wildman–Crippen MR) is 92.8 cm³/mol. The number of aliphatic imine (C=N–C) groups is 1. The number of carbonyl (C=O) groups is 1. The van der Waals surface area contributed by atoms with Crippen LogP contribution in [-0.4, -0.2) is 22.4 Å². The van der Waals surface area contributed by atoms with Gasteiger partial charge in [0.1, 0.15) is 15.8 Å². The Hall–Kier alpha value is -1.72. The highest BCUT2D eigenvalue weighted by atomic mass is 32.2. The van der Waals surface area contributed by atoms with Crippen LogP contribution < -0.4 is 4.74 Å². The quantitative estimate of drug-likeness (QED) is 0.604. The Bertz CT molecular complexity index is 616. The van der Waals surface area contributed by atoms with E-state index >= 15 is 0 Å². The van der Waals surface area contributed by atoms with Gasteiger partial charge in [-0.15, -0.1) is 6.58 Å². The Morgan fingerprint density at radius 3 is 2.81 bits per heavy atom. The smallest absolute Gasteiger partial charge is 0.244 e. The van der Waals surface area contributed by atoms with Crippen molar-refractivity contribution in [1.29, 1.82) is 0 Å². The number of nitrogens with zero attached hydrogens (tertiary/aromatic N) is 1. The average Bonchev–Trinajstić information content (AvgIpc) is 2.86. The maximum atomic E-state index is 11.8. The van der Waals surface area contributed by atoms with Crippen molar-refractivity contribution in [2.75, 3.05) is 12.9 Å². The number of hydrogen-bond donors (Lipinski definition) is 0. The number of carbonyl (C=O) groups excluding carboxylic acids is 1. The molecule has 0 radical (unpaired) electrons. The molecular formula is C16H15NO2S2. The Morgan fingerprint density at radius 1 is 1.38 bits per heavy atom. The summed E-state index contributed by atoms with van der Waals surface area (Å²) in [6.07, 6.45) is 7.29. The molecule has 108 valence electrons. The Kier molecular flexibility index (Phi) is 5.90. The summed E-state index contributed by atoms with van der Waals surface area (Å²) < 4.78 is 5.88. The molecule has 1 aromatic carbocycles. The molecular weight excluding hydrogens is 302 g/mol. The number of rotatable bonds is 5. The highest BCUT2D eigenvalue weighted by molar-refractivity contribution is 8.45. The molecule has 0 saturated carbocycles. The molecule has 0 amide bonds. The van der Waals surface area contributed by atoms with Crippen molar-refractivity contribution in [3.63, 3.8) is 0 Å². The number of hydrogen-bond acceptors (Lipinski definition) is 5. The lowest BCUT2D eigenvalue weighted by Crippen LogP contribution is -1.87. The SMILES string of the molecule is C=CCSC1=N/C(=C\C=C\c2ccc(OC)cc2)C(=O)S1. The molecule has 0 bridgehead atoms. The molecule has 1 aromatic rings. The van der Waals surface area contributed by atoms with E-state index in [9.17, 15) is 4.79 Å². The molecule has 1 aliphatic heterocycles. The van der Waals surface area contributed by atoms with Gasteiger partial charge in [0.25, 0.3) is 0 Å². The lowest BCUT2D eigenvalue weighted by molar-refractivity contribution is -0.107. The van der Waals surface area contributed by atoms with Crippen LogP contribution in [0, 0.1) is 0 Å². The maximum absolute atomic E-state index is 11.8. The maximum Gasteiger partial charge on any atom is 0.244 e. The van der Waals surface area contributed by atoms with Crippen LogP contribution in [0.2, 0.25) is 0 Å². The normalized spacial score (nSPS) is 16.5. The summed E-state index contributed by atoms with van der Waals surface area (Å²) >= 11 is 2.69. The first-order chi connectivity index (χ1) is 10.2. The summed E-state index contributed by atoms with van der Waals surface area (Å²) in [7, 11) is 1.64. The number of thioether (sulfide) groups is 2. The van der Waals surface area contributed by atoms with Crippen molar-refractivity contribution in [3.05, 3.63) is 60.3 Å². The van der Waals surface area contributed by atoms with Crippen LogP contribution in [0.1, 0.15) is 5.56 Å². The standard InChI is InChI=1S/C16H15NO2S2/c1-3-11-20-16-17-14(15(18)21-16)6-4-5-12-7-9-13(19-2)10-8-12/h3-10H,1,11H2,2H3/b5-4+,14-6-. The summed E-state index contributed by atoms with van der Waals surface area (Å²) in [4.78, 5) is 16.1. The lowest BCUT2D eigenvalue weighted by atomic mass is 10.2. The Morgan fingerprint density at radius 2 is 2.14 bits per heavy atom. The van der Waals surface area contributed by atoms with Gasteiger partial charge in [0.15, 0.2) is 0 Å². The molecule has 1 aliphatic rings. The largest absolute Gasteiger partial charge is 0.497 e. The van der Waals surface area contributed by atoms with Gasteiger partial charge in [0.05, 0.1) is 7.11 Å². The number of allylic oxidation sites excluding steroid dienone is 2. The second-order valence-corrected chi connectivity index (χ2v) is 6.28. The predicted octanol–water partition coefficient (Wildman–Crippen LogP) is 4.14. The van der Waals surface area contributed by atoms with Gasteiger partial charge in [-0.25, -0.2) is 4.99 Å². The van der Waals surface area contributed by atoms with E-state index in [0.29, 0.717) is 5.70 Å². The molecule has 0 aromatic heterocycles. The zero-order valence-electron chi connectivity index (χ0n) is 11.6. The average molecular weight is 317 g/mol. The van der Waals surface area contributed by atoms with Gasteiger partial charge in [-0.2, -0.15) is 0 Å². The van der Waals surface area contributed by atoms with Crippen LogP contribution in [0.3, 0.4) is 0 Å². The van der Waals surface area contributed by atoms with Crippen LogP contribution in [0.25, 0.3) is 6.08 Å². The fraction of sp³-hybridized carbons (Fsp3) is 0.125. The van der Waals surface area contributed by atoms with Crippen molar-refractivity contribution in [1.82, 2.24) is 0 Å². The van der Waals surface area contributed by atoms with Gasteiger partial charge >= 0.3 is 0 Å². The van der Waals surface area contributed by atoms with E-state index in [1.54, 1.807) is 19.3 Å². The minimum atomic E-state index is -0.0130. The Labute approximate surface area is 132 Å². The van der Waals surface area contributed by atoms with Gasteiger partial charge in [0, 0.05) is 5.75 Å². The first-order valence-corrected chi connectivity index (χ1v) is 8.10. The molecule has 2 rings (SSSR count). The zero-order chi connectivity index (χ0) is 15.1. The molecule has 0 fully saturated rings. The third kappa shape index (κ3) is 4.65. The van der Waals surface area contributed by atoms with Crippen LogP contribution >= 0.6 is 23.5 Å². The van der Waals surface area contributed by atoms with Crippen LogP contribution in [0.15, 0.2) is 59.8 Å². The van der Waals surface area contributed by atoms with Crippen molar-refractivity contribution in [2.24, 2.45) is 4.99 Å². The summed E-state index contributed by atoms with van der Waals surface area (Å²) in [6.45, 7) is 3.65. The van der Waals surface area contributed by atoms with Crippen LogP contribution in [0.4, 0.5) is 0 Å². The van der Waals surface area contributed by atoms with E-state index in [0.717, 1.165) is 21.4 Å². The van der Waals surface area contributed by atoms with Gasteiger partial charge in [-0.3, -0.25) is 4.79 Å². The van der Waals surface area contributed by atoms with Gasteiger partial charge in [-0.1, -0.05) is 42.1 Å². The summed E-state index contributed by atoms with van der Waals surface area (Å²) in [6, 6.07) is 7.69. The molecule has 5 heteroatoms. The van der Waals surface area contributed by atoms with E-state index in [1.165, 1.54) is 23.5 Å². The van der Waals surface area contributed by atoms with E-state index < -0.39 is 0 Å². The van der Waals surface area contributed by atoms with E-state index in [1.807, 2.05) is 36.4 Å². The van der Waals surface area contributed by atoms with E-state index in [4.69, 9.17) is 4.74 Å². The molecule has 21 heavy (non-hydrogen) atoms. The molecule has 0 unspecified atom stereocenters. The number of ether oxygens (including phenoxy) is 1. The zero-order valence-corrected chi connectivity index (χ0v) is 13.2. The second-order valence-electron chi connectivity index (χ2n) is 4.05. The molecule has 0 atom stereocenters. The van der Waals surface area contributed by atoms with Crippen LogP contribution in [-0.2, 0) is 4.79 Å². The summed E-state index contributed by atoms with van der Waals surface area (Å²) in [5, 5.41) is -0.0130. The molecule has 0 aliphatic carbocycles. The third-order valence-corrected chi connectivity index (χ3v) is 4.59.